The summed E-state index contributed by atoms with van der Waals surface area (Å²) in [5, 5.41) is 2.80. The highest BCUT2D eigenvalue weighted by molar-refractivity contribution is 5.94. The van der Waals surface area contributed by atoms with E-state index in [1.165, 1.54) is 18.3 Å². The van der Waals surface area contributed by atoms with E-state index in [1.807, 2.05) is 0 Å². The van der Waals surface area contributed by atoms with Crippen molar-refractivity contribution in [3.8, 4) is 0 Å². The number of carbonyl (C=O) groups is 2. The number of imidazole rings is 1. The van der Waals surface area contributed by atoms with Crippen LogP contribution in [0, 0.1) is 5.82 Å². The van der Waals surface area contributed by atoms with Crippen molar-refractivity contribution in [2.45, 2.75) is 19.5 Å². The Morgan fingerprint density at radius 1 is 1.45 bits per heavy atom. The molecule has 1 aliphatic heterocycles. The maximum Gasteiger partial charge on any atom is 0.358 e. The molecule has 0 aliphatic carbocycles. The topological polar surface area (TPSA) is 73.2 Å². The molecule has 0 radical (unpaired) electrons. The molecule has 1 aliphatic rings. The van der Waals surface area contributed by atoms with Crippen LogP contribution in [0.15, 0.2) is 30.5 Å². The number of esters is 1. The first-order chi connectivity index (χ1) is 10.6. The summed E-state index contributed by atoms with van der Waals surface area (Å²) in [6, 6.07) is 5.62. The van der Waals surface area contributed by atoms with Gasteiger partial charge in [0.1, 0.15) is 5.82 Å². The fourth-order valence-electron chi connectivity index (χ4n) is 2.39. The van der Waals surface area contributed by atoms with Crippen LogP contribution in [0.3, 0.4) is 0 Å². The zero-order valence-corrected chi connectivity index (χ0v) is 11.9. The maximum atomic E-state index is 13.0. The third-order valence-electron chi connectivity index (χ3n) is 3.42. The van der Waals surface area contributed by atoms with Gasteiger partial charge in [-0.15, -0.1) is 0 Å². The van der Waals surface area contributed by atoms with Crippen LogP contribution in [0.25, 0.3) is 0 Å². The number of aromatic nitrogens is 2. The normalized spacial score (nSPS) is 16.8. The Balaban J connectivity index is 1.87. The number of rotatable bonds is 3. The zero-order chi connectivity index (χ0) is 15.7. The summed E-state index contributed by atoms with van der Waals surface area (Å²) >= 11 is 0. The number of hydrogen-bond donors (Lipinski definition) is 1. The molecule has 114 valence electrons. The number of fused-ring (bicyclic) bond motifs is 1. The number of carbonyl (C=O) groups excluding carboxylic acids is 2. The van der Waals surface area contributed by atoms with Crippen molar-refractivity contribution in [3.63, 3.8) is 0 Å². The van der Waals surface area contributed by atoms with Gasteiger partial charge in [0.15, 0.2) is 11.5 Å². The number of nitrogens with one attached hydrogen (secondary N) is 1. The van der Waals surface area contributed by atoms with Crippen molar-refractivity contribution in [1.29, 1.82) is 0 Å². The first-order valence-corrected chi connectivity index (χ1v) is 6.89. The molecule has 1 atom stereocenters. The summed E-state index contributed by atoms with van der Waals surface area (Å²) in [6.07, 6.45) is 1.50. The zero-order valence-electron chi connectivity index (χ0n) is 11.9. The number of hydrogen-bond acceptors (Lipinski definition) is 4. The van der Waals surface area contributed by atoms with E-state index in [0.29, 0.717) is 6.54 Å². The molecule has 1 amide bonds. The van der Waals surface area contributed by atoms with Crippen LogP contribution in [-0.2, 0) is 11.3 Å². The van der Waals surface area contributed by atoms with Crippen molar-refractivity contribution < 1.29 is 18.7 Å². The number of halogens is 1. The molecule has 6 nitrogen and oxygen atoms in total. The molecule has 2 aromatic rings. The molecule has 0 unspecified atom stereocenters. The van der Waals surface area contributed by atoms with E-state index in [-0.39, 0.29) is 35.9 Å². The fraction of sp³-hybridized carbons (Fsp3) is 0.267. The molecule has 2 heterocycles. The third-order valence-corrected chi connectivity index (χ3v) is 3.42. The Morgan fingerprint density at radius 2 is 2.18 bits per heavy atom. The standard InChI is InChI=1S/C15H14FN3O3/c1-2-22-15(21)12-8-19-7-11(18-14(20)13(19)17-12)9-3-5-10(16)6-4-9/h3-6,8,11H,2,7H2,1H3,(H,18,20)/t11-/m0/s1. The van der Waals surface area contributed by atoms with Crippen LogP contribution in [0.1, 0.15) is 39.6 Å². The van der Waals surface area contributed by atoms with E-state index >= 15 is 0 Å². The summed E-state index contributed by atoms with van der Waals surface area (Å²) in [5.41, 5.74) is 0.888. The smallest absolute Gasteiger partial charge is 0.358 e. The summed E-state index contributed by atoms with van der Waals surface area (Å²) in [6.45, 7) is 2.36. The van der Waals surface area contributed by atoms with Gasteiger partial charge in [-0.1, -0.05) is 12.1 Å². The highest BCUT2D eigenvalue weighted by Gasteiger charge is 2.28. The Bertz CT molecular complexity index is 724. The van der Waals surface area contributed by atoms with Gasteiger partial charge in [-0.05, 0) is 24.6 Å². The number of nitrogens with zero attached hydrogens (tertiary/aromatic N) is 2. The van der Waals surface area contributed by atoms with Crippen LogP contribution in [0.4, 0.5) is 4.39 Å². The lowest BCUT2D eigenvalue weighted by Gasteiger charge is -2.25. The Morgan fingerprint density at radius 3 is 2.86 bits per heavy atom. The van der Waals surface area contributed by atoms with Gasteiger partial charge in [0.2, 0.25) is 0 Å². The molecule has 0 saturated carbocycles. The predicted octanol–water partition coefficient (Wildman–Crippen LogP) is 1.68. The minimum Gasteiger partial charge on any atom is -0.461 e. The molecule has 1 aromatic carbocycles. The Kier molecular flexibility index (Phi) is 3.62. The van der Waals surface area contributed by atoms with E-state index in [2.05, 4.69) is 10.3 Å². The van der Waals surface area contributed by atoms with Gasteiger partial charge in [0.25, 0.3) is 5.91 Å². The molecule has 3 rings (SSSR count). The molecular weight excluding hydrogens is 289 g/mol. The van der Waals surface area contributed by atoms with Crippen molar-refractivity contribution >= 4 is 11.9 Å². The minimum absolute atomic E-state index is 0.103. The third kappa shape index (κ3) is 2.57. The van der Waals surface area contributed by atoms with Crippen LogP contribution in [-0.4, -0.2) is 28.0 Å². The van der Waals surface area contributed by atoms with Crippen molar-refractivity contribution in [1.82, 2.24) is 14.9 Å². The first kappa shape index (κ1) is 14.2. The number of benzene rings is 1. The van der Waals surface area contributed by atoms with Crippen molar-refractivity contribution in [2.24, 2.45) is 0 Å². The fourth-order valence-corrected chi connectivity index (χ4v) is 2.39. The van der Waals surface area contributed by atoms with Gasteiger partial charge in [-0.2, -0.15) is 0 Å². The summed E-state index contributed by atoms with van der Waals surface area (Å²) in [4.78, 5) is 27.8. The molecule has 7 heteroatoms. The van der Waals surface area contributed by atoms with Crippen LogP contribution < -0.4 is 5.32 Å². The number of amides is 1. The molecule has 0 spiro atoms. The Hall–Kier alpha value is -2.70. The quantitative estimate of drug-likeness (QED) is 0.876. The predicted molar refractivity (Wildman–Crippen MR) is 74.8 cm³/mol. The van der Waals surface area contributed by atoms with Gasteiger partial charge in [-0.25, -0.2) is 14.2 Å². The van der Waals surface area contributed by atoms with Crippen molar-refractivity contribution in [2.75, 3.05) is 6.61 Å². The molecule has 0 bridgehead atoms. The van der Waals surface area contributed by atoms with Gasteiger partial charge in [-0.3, -0.25) is 4.79 Å². The first-order valence-electron chi connectivity index (χ1n) is 6.89. The SMILES string of the molecule is CCOC(=O)c1cn2c(n1)C(=O)N[C@H](c1ccc(F)cc1)C2. The summed E-state index contributed by atoms with van der Waals surface area (Å²) < 4.78 is 19.5. The highest BCUT2D eigenvalue weighted by Crippen LogP contribution is 2.22. The summed E-state index contributed by atoms with van der Waals surface area (Å²) in [5.74, 6) is -1.10. The van der Waals surface area contributed by atoms with Crippen LogP contribution >= 0.6 is 0 Å². The molecule has 0 saturated heterocycles. The monoisotopic (exact) mass is 303 g/mol. The Labute approximate surface area is 125 Å². The van der Waals surface area contributed by atoms with E-state index < -0.39 is 5.97 Å². The maximum absolute atomic E-state index is 13.0. The van der Waals surface area contributed by atoms with Gasteiger partial charge in [0.05, 0.1) is 12.6 Å². The van der Waals surface area contributed by atoms with Gasteiger partial charge >= 0.3 is 5.97 Å². The molecule has 1 N–H and O–H groups in total. The molecular formula is C15H14FN3O3. The van der Waals surface area contributed by atoms with Crippen LogP contribution in [0.2, 0.25) is 0 Å². The van der Waals surface area contributed by atoms with E-state index in [1.54, 1.807) is 23.6 Å². The minimum atomic E-state index is -0.560. The number of ether oxygens (including phenoxy) is 1. The second kappa shape index (κ2) is 5.59. The average molecular weight is 303 g/mol. The second-order valence-electron chi connectivity index (χ2n) is 4.90. The van der Waals surface area contributed by atoms with E-state index in [0.717, 1.165) is 5.56 Å². The lowest BCUT2D eigenvalue weighted by atomic mass is 10.1. The van der Waals surface area contributed by atoms with Gasteiger partial charge in [0, 0.05) is 12.7 Å². The molecule has 1 aromatic heterocycles. The van der Waals surface area contributed by atoms with Crippen LogP contribution in [0.5, 0.6) is 0 Å². The lowest BCUT2D eigenvalue weighted by Crippen LogP contribution is -2.38. The highest BCUT2D eigenvalue weighted by atomic mass is 19.1. The lowest BCUT2D eigenvalue weighted by molar-refractivity contribution is 0.0520. The van der Waals surface area contributed by atoms with E-state index in [9.17, 15) is 14.0 Å². The largest absolute Gasteiger partial charge is 0.461 e. The van der Waals surface area contributed by atoms with E-state index in [4.69, 9.17) is 4.74 Å². The summed E-state index contributed by atoms with van der Waals surface area (Å²) in [7, 11) is 0. The molecule has 22 heavy (non-hydrogen) atoms. The average Bonchev–Trinajstić information content (AvgIpc) is 2.93. The van der Waals surface area contributed by atoms with Gasteiger partial charge < -0.3 is 14.6 Å². The second-order valence-corrected chi connectivity index (χ2v) is 4.90. The van der Waals surface area contributed by atoms with Crippen molar-refractivity contribution in [3.05, 3.63) is 53.4 Å². The molecule has 0 fully saturated rings.